The molecule has 0 saturated heterocycles. The van der Waals surface area contributed by atoms with E-state index in [-0.39, 0.29) is 15.0 Å². The quantitative estimate of drug-likeness (QED) is 0.418. The first-order valence-electron chi connectivity index (χ1n) is 8.83. The maximum absolute atomic E-state index is 12.6. The summed E-state index contributed by atoms with van der Waals surface area (Å²) in [4.78, 5) is 2.27. The Bertz CT molecular complexity index is 863. The Morgan fingerprint density at radius 3 is 1.71 bits per heavy atom. The first kappa shape index (κ1) is 21.0. The van der Waals surface area contributed by atoms with Crippen LogP contribution in [0, 0.1) is 0 Å². The Morgan fingerprint density at radius 1 is 0.714 bits per heavy atom. The summed E-state index contributed by atoms with van der Waals surface area (Å²) in [5.74, 6) is 0. The molecule has 0 N–H and O–H groups in total. The van der Waals surface area contributed by atoms with Crippen molar-refractivity contribution in [1.82, 2.24) is 0 Å². The van der Waals surface area contributed by atoms with Gasteiger partial charge in [0.25, 0.3) is 0 Å². The molecule has 28 heavy (non-hydrogen) atoms. The number of nitrogens with zero attached hydrogens (tertiary/aromatic N) is 1. The molecule has 0 aliphatic heterocycles. The molecule has 0 fully saturated rings. The van der Waals surface area contributed by atoms with Gasteiger partial charge in [-0.05, 0) is 0 Å². The second kappa shape index (κ2) is 9.67. The average Bonchev–Trinajstić information content (AvgIpc) is 2.70. The van der Waals surface area contributed by atoms with E-state index in [0.717, 1.165) is 15.2 Å². The predicted octanol–water partition coefficient (Wildman–Crippen LogP) is 4.60. The van der Waals surface area contributed by atoms with Gasteiger partial charge < -0.3 is 0 Å². The Kier molecular flexibility index (Phi) is 7.25. The Balaban J connectivity index is 1.56. The van der Waals surface area contributed by atoms with Crippen LogP contribution in [-0.4, -0.2) is 36.5 Å². The van der Waals surface area contributed by atoms with Gasteiger partial charge in [0, 0.05) is 0 Å². The molecule has 3 aromatic rings. The predicted molar refractivity (Wildman–Crippen MR) is 113 cm³/mol. The fraction of sp³-hybridized carbons (Fsp3) is 0.182. The third-order valence-corrected chi connectivity index (χ3v) is 9.77. The van der Waals surface area contributed by atoms with E-state index in [9.17, 15) is 13.2 Å². The van der Waals surface area contributed by atoms with Crippen molar-refractivity contribution in [2.24, 2.45) is 0 Å². The van der Waals surface area contributed by atoms with Crippen LogP contribution in [0.2, 0.25) is 4.22 Å². The van der Waals surface area contributed by atoms with Crippen LogP contribution >= 0.6 is 0 Å². The number of hydrogen-bond donors (Lipinski definition) is 0. The summed E-state index contributed by atoms with van der Waals surface area (Å²) in [5.41, 5.74) is 1.77. The molecule has 3 rings (SSSR count). The Hall–Kier alpha value is -1.71. The summed E-state index contributed by atoms with van der Waals surface area (Å²) in [5, 5.41) is 0. The van der Waals surface area contributed by atoms with Gasteiger partial charge in [-0.2, -0.15) is 0 Å². The molecule has 1 nitrogen and oxygen atoms in total. The van der Waals surface area contributed by atoms with Gasteiger partial charge in [0.15, 0.2) is 0 Å². The van der Waals surface area contributed by atoms with Gasteiger partial charge in [0.2, 0.25) is 0 Å². The number of halogens is 3. The molecule has 0 bridgehead atoms. The Labute approximate surface area is 176 Å². The van der Waals surface area contributed by atoms with E-state index in [4.69, 9.17) is 0 Å². The monoisotopic (exact) mass is 515 g/mol. The minimum absolute atomic E-state index is 0.197. The molecular formula is C22H20F3NSe2. The molecule has 6 heteroatoms. The number of anilines is 2. The summed E-state index contributed by atoms with van der Waals surface area (Å²) in [6.45, 7) is 3.03. The second-order valence-electron chi connectivity index (χ2n) is 6.00. The molecule has 146 valence electrons. The Morgan fingerprint density at radius 2 is 1.21 bits per heavy atom. The van der Waals surface area contributed by atoms with Crippen molar-refractivity contribution < 1.29 is 13.2 Å². The van der Waals surface area contributed by atoms with E-state index in [0.29, 0.717) is 15.0 Å². The first-order chi connectivity index (χ1) is 13.5. The third kappa shape index (κ3) is 5.65. The van der Waals surface area contributed by atoms with Crippen molar-refractivity contribution in [3.05, 3.63) is 84.4 Å². The van der Waals surface area contributed by atoms with Crippen LogP contribution in [0.15, 0.2) is 78.9 Å². The molecule has 0 aliphatic carbocycles. The fourth-order valence-corrected chi connectivity index (χ4v) is 8.43. The van der Waals surface area contributed by atoms with E-state index in [1.807, 2.05) is 18.2 Å². The maximum atomic E-state index is 12.6. The number of hydrogen-bond acceptors (Lipinski definition) is 1. The molecule has 0 amide bonds. The SMILES string of the molecule is CCN(c1ccccc1)c1ccc([Se]C[Se]c2ccc(C(F)(F)F)cc2)cc1. The first-order valence-corrected chi connectivity index (χ1v) is 13.0. The van der Waals surface area contributed by atoms with Gasteiger partial charge in [0.05, 0.1) is 0 Å². The molecule has 3 aromatic carbocycles. The summed E-state index contributed by atoms with van der Waals surface area (Å²) in [6, 6.07) is 24.5. The molecule has 0 atom stereocenters. The summed E-state index contributed by atoms with van der Waals surface area (Å²) in [6.07, 6.45) is -4.26. The standard InChI is InChI=1S/C22H20F3NSe2/c1-2-26(18-6-4-3-5-7-18)19-10-14-21(15-11-19)28-16-27-20-12-8-17(9-13-20)22(23,24)25/h3-15H,2,16H2,1H3. The van der Waals surface area contributed by atoms with E-state index in [1.54, 1.807) is 12.1 Å². The normalized spacial score (nSPS) is 11.4. The van der Waals surface area contributed by atoms with Crippen molar-refractivity contribution in [2.45, 2.75) is 17.3 Å². The van der Waals surface area contributed by atoms with Crippen LogP contribution < -0.4 is 13.8 Å². The number of para-hydroxylation sites is 1. The van der Waals surface area contributed by atoms with Gasteiger partial charge in [-0.15, -0.1) is 0 Å². The van der Waals surface area contributed by atoms with Crippen LogP contribution in [-0.2, 0) is 6.18 Å². The van der Waals surface area contributed by atoms with Gasteiger partial charge >= 0.3 is 177 Å². The number of alkyl halides is 3. The minimum atomic E-state index is -4.26. The zero-order chi connectivity index (χ0) is 20.0. The average molecular weight is 513 g/mol. The van der Waals surface area contributed by atoms with Crippen molar-refractivity contribution in [2.75, 3.05) is 11.4 Å². The van der Waals surface area contributed by atoms with Crippen LogP contribution in [0.4, 0.5) is 24.5 Å². The molecule has 0 heterocycles. The molecule has 0 aliphatic rings. The number of benzene rings is 3. The van der Waals surface area contributed by atoms with Gasteiger partial charge in [-0.1, -0.05) is 0 Å². The van der Waals surface area contributed by atoms with Crippen LogP contribution in [0.25, 0.3) is 0 Å². The second-order valence-corrected chi connectivity index (χ2v) is 12.3. The molecule has 0 aromatic heterocycles. The zero-order valence-corrected chi connectivity index (χ0v) is 18.7. The number of rotatable bonds is 7. The van der Waals surface area contributed by atoms with E-state index in [2.05, 4.69) is 48.2 Å². The van der Waals surface area contributed by atoms with Gasteiger partial charge in [0.1, 0.15) is 0 Å². The van der Waals surface area contributed by atoms with Gasteiger partial charge in [-0.25, -0.2) is 0 Å². The zero-order valence-electron chi connectivity index (χ0n) is 15.3. The van der Waals surface area contributed by atoms with Crippen LogP contribution in [0.1, 0.15) is 12.5 Å². The summed E-state index contributed by atoms with van der Waals surface area (Å²) < 4.78 is 41.2. The van der Waals surface area contributed by atoms with Crippen LogP contribution in [0.5, 0.6) is 0 Å². The van der Waals surface area contributed by atoms with Crippen molar-refractivity contribution >= 4 is 50.2 Å². The topological polar surface area (TPSA) is 3.24 Å². The molecular weight excluding hydrogens is 493 g/mol. The summed E-state index contributed by atoms with van der Waals surface area (Å²) in [7, 11) is 0. The van der Waals surface area contributed by atoms with Gasteiger partial charge in [-0.3, -0.25) is 0 Å². The fourth-order valence-electron chi connectivity index (χ4n) is 2.75. The molecule has 0 saturated carbocycles. The van der Waals surface area contributed by atoms with Crippen molar-refractivity contribution in [1.29, 1.82) is 0 Å². The van der Waals surface area contributed by atoms with E-state index in [1.165, 1.54) is 28.0 Å². The van der Waals surface area contributed by atoms with E-state index >= 15 is 0 Å². The van der Waals surface area contributed by atoms with Crippen molar-refractivity contribution in [3.63, 3.8) is 0 Å². The molecule has 0 radical (unpaired) electrons. The third-order valence-electron chi connectivity index (χ3n) is 4.17. The van der Waals surface area contributed by atoms with Crippen molar-refractivity contribution in [3.8, 4) is 0 Å². The van der Waals surface area contributed by atoms with Crippen LogP contribution in [0.3, 0.4) is 0 Å². The molecule has 0 spiro atoms. The summed E-state index contributed by atoms with van der Waals surface area (Å²) >= 11 is 0.521. The molecule has 0 unspecified atom stereocenters. The van der Waals surface area contributed by atoms with E-state index < -0.39 is 11.7 Å².